The Bertz CT molecular complexity index is 741. The van der Waals surface area contributed by atoms with Gasteiger partial charge in [0.25, 0.3) is 11.8 Å². The lowest BCUT2D eigenvalue weighted by Gasteiger charge is -2.41. The largest absolute Gasteiger partial charge is 0.399 e. The molecule has 1 aliphatic heterocycles. The predicted molar refractivity (Wildman–Crippen MR) is 90.1 cm³/mol. The number of halogens is 3. The topological polar surface area (TPSA) is 58.4 Å². The van der Waals surface area contributed by atoms with E-state index >= 15 is 0 Å². The van der Waals surface area contributed by atoms with E-state index in [4.69, 9.17) is 5.73 Å². The van der Waals surface area contributed by atoms with Gasteiger partial charge in [-0.2, -0.15) is 0 Å². The molecular formula is C16H14BrF2N3O. The Morgan fingerprint density at radius 3 is 2.43 bits per heavy atom. The van der Waals surface area contributed by atoms with Crippen LogP contribution in [0.25, 0.3) is 0 Å². The molecule has 1 fully saturated rings. The molecule has 0 spiro atoms. The smallest absolute Gasteiger partial charge is 0.282 e. The molecule has 0 saturated carbocycles. The van der Waals surface area contributed by atoms with Crippen molar-refractivity contribution in [2.45, 2.75) is 5.92 Å². The summed E-state index contributed by atoms with van der Waals surface area (Å²) >= 11 is 3.32. The van der Waals surface area contributed by atoms with Crippen molar-refractivity contribution >= 4 is 38.9 Å². The van der Waals surface area contributed by atoms with E-state index in [9.17, 15) is 13.6 Å². The Labute approximate surface area is 140 Å². The van der Waals surface area contributed by atoms with Gasteiger partial charge in [-0.3, -0.25) is 4.79 Å². The molecule has 2 aromatic rings. The highest BCUT2D eigenvalue weighted by Gasteiger charge is 2.44. The van der Waals surface area contributed by atoms with Crippen LogP contribution in [0, 0.1) is 0 Å². The van der Waals surface area contributed by atoms with Gasteiger partial charge in [-0.05, 0) is 42.5 Å². The van der Waals surface area contributed by atoms with Crippen LogP contribution >= 0.6 is 15.9 Å². The fraction of sp³-hybridized carbons (Fsp3) is 0.188. The summed E-state index contributed by atoms with van der Waals surface area (Å²) in [5.41, 5.74) is 7.49. The van der Waals surface area contributed by atoms with Crippen LogP contribution in [0.2, 0.25) is 0 Å². The minimum atomic E-state index is -2.71. The van der Waals surface area contributed by atoms with Gasteiger partial charge in [-0.1, -0.05) is 15.9 Å². The van der Waals surface area contributed by atoms with E-state index in [1.807, 2.05) is 0 Å². The minimum Gasteiger partial charge on any atom is -0.399 e. The van der Waals surface area contributed by atoms with Crippen molar-refractivity contribution < 1.29 is 13.6 Å². The molecule has 7 heteroatoms. The Morgan fingerprint density at radius 1 is 1.17 bits per heavy atom. The maximum atomic E-state index is 13.1. The molecule has 0 bridgehead atoms. The first-order valence-corrected chi connectivity index (χ1v) is 7.73. The van der Waals surface area contributed by atoms with Crippen molar-refractivity contribution in [1.82, 2.24) is 0 Å². The lowest BCUT2D eigenvalue weighted by atomic mass is 10.0. The Morgan fingerprint density at radius 2 is 1.83 bits per heavy atom. The lowest BCUT2D eigenvalue weighted by Crippen LogP contribution is -2.56. The Kier molecular flexibility index (Phi) is 3.97. The molecule has 23 heavy (non-hydrogen) atoms. The highest BCUT2D eigenvalue weighted by molar-refractivity contribution is 9.10. The number of rotatable bonds is 3. The van der Waals surface area contributed by atoms with E-state index in [-0.39, 0.29) is 11.5 Å². The number of carbonyl (C=O) groups excluding carboxylic acids is 1. The van der Waals surface area contributed by atoms with Crippen LogP contribution in [0.15, 0.2) is 46.9 Å². The third-order valence-electron chi connectivity index (χ3n) is 3.55. The van der Waals surface area contributed by atoms with Crippen LogP contribution in [0.1, 0.15) is 10.4 Å². The van der Waals surface area contributed by atoms with E-state index in [1.165, 1.54) is 11.0 Å². The molecule has 0 aliphatic carbocycles. The maximum Gasteiger partial charge on any atom is 0.282 e. The summed E-state index contributed by atoms with van der Waals surface area (Å²) in [6.07, 6.45) is 0. The number of carbonyl (C=O) groups is 1. The van der Waals surface area contributed by atoms with Crippen molar-refractivity contribution in [3.8, 4) is 0 Å². The molecule has 3 rings (SSSR count). The van der Waals surface area contributed by atoms with Gasteiger partial charge in [-0.25, -0.2) is 8.78 Å². The second kappa shape index (κ2) is 5.81. The summed E-state index contributed by atoms with van der Waals surface area (Å²) in [6.45, 7) is -0.787. The number of hydrogen-bond acceptors (Lipinski definition) is 3. The first-order chi connectivity index (χ1) is 10.8. The quantitative estimate of drug-likeness (QED) is 0.796. The van der Waals surface area contributed by atoms with Gasteiger partial charge in [0.1, 0.15) is 0 Å². The number of nitrogens with zero attached hydrogens (tertiary/aromatic N) is 1. The number of hydrogen-bond donors (Lipinski definition) is 2. The van der Waals surface area contributed by atoms with Crippen LogP contribution < -0.4 is 16.0 Å². The summed E-state index contributed by atoms with van der Waals surface area (Å²) in [5.74, 6) is -3.09. The molecule has 1 amide bonds. The zero-order chi connectivity index (χ0) is 16.6. The Balaban J connectivity index is 1.84. The van der Waals surface area contributed by atoms with Crippen molar-refractivity contribution in [3.63, 3.8) is 0 Å². The van der Waals surface area contributed by atoms with Crippen LogP contribution in [0.5, 0.6) is 0 Å². The van der Waals surface area contributed by atoms with Crippen LogP contribution in [0.4, 0.5) is 25.8 Å². The molecule has 1 aliphatic rings. The van der Waals surface area contributed by atoms with E-state index in [0.29, 0.717) is 17.1 Å². The maximum absolute atomic E-state index is 13.1. The average Bonchev–Trinajstić information content (AvgIpc) is 2.47. The SMILES string of the molecule is Nc1ccc(N2CC(F)(F)C2)c(C(=O)Nc2ccc(Br)cc2)c1. The third kappa shape index (κ3) is 3.44. The summed E-state index contributed by atoms with van der Waals surface area (Å²) < 4.78 is 27.1. The van der Waals surface area contributed by atoms with Crippen molar-refractivity contribution in [1.29, 1.82) is 0 Å². The molecule has 1 heterocycles. The predicted octanol–water partition coefficient (Wildman–Crippen LogP) is 3.74. The van der Waals surface area contributed by atoms with Crippen LogP contribution in [-0.4, -0.2) is 24.9 Å². The van der Waals surface area contributed by atoms with E-state index < -0.39 is 19.0 Å². The number of benzene rings is 2. The molecular weight excluding hydrogens is 368 g/mol. The number of nitrogen functional groups attached to an aromatic ring is 1. The molecule has 1 saturated heterocycles. The minimum absolute atomic E-state index is 0.281. The summed E-state index contributed by atoms with van der Waals surface area (Å²) in [4.78, 5) is 14.0. The molecule has 4 nitrogen and oxygen atoms in total. The molecule has 2 aromatic carbocycles. The van der Waals surface area contributed by atoms with Gasteiger partial charge >= 0.3 is 0 Å². The third-order valence-corrected chi connectivity index (χ3v) is 4.08. The molecule has 3 N–H and O–H groups in total. The first-order valence-electron chi connectivity index (χ1n) is 6.93. The number of nitrogens with one attached hydrogen (secondary N) is 1. The normalized spacial score (nSPS) is 15.9. The highest BCUT2D eigenvalue weighted by Crippen LogP contribution is 2.34. The fourth-order valence-corrected chi connectivity index (χ4v) is 2.69. The average molecular weight is 382 g/mol. The molecule has 0 unspecified atom stereocenters. The second-order valence-electron chi connectivity index (χ2n) is 5.45. The zero-order valence-electron chi connectivity index (χ0n) is 12.0. The Hall–Kier alpha value is -2.15. The van der Waals surface area contributed by atoms with E-state index in [1.54, 1.807) is 36.4 Å². The van der Waals surface area contributed by atoms with Gasteiger partial charge < -0.3 is 16.0 Å². The number of alkyl halides is 2. The standard InChI is InChI=1S/C16H14BrF2N3O/c17-10-1-4-12(5-2-10)21-15(23)13-7-11(20)3-6-14(13)22-8-16(18,19)9-22/h1-7H,8-9,20H2,(H,21,23). The van der Waals surface area contributed by atoms with E-state index in [0.717, 1.165) is 4.47 Å². The fourth-order valence-electron chi connectivity index (χ4n) is 2.43. The van der Waals surface area contributed by atoms with Gasteiger partial charge in [0.05, 0.1) is 24.3 Å². The number of anilines is 3. The van der Waals surface area contributed by atoms with Gasteiger partial charge in [-0.15, -0.1) is 0 Å². The van der Waals surface area contributed by atoms with E-state index in [2.05, 4.69) is 21.2 Å². The molecule has 120 valence electrons. The zero-order valence-corrected chi connectivity index (χ0v) is 13.6. The van der Waals surface area contributed by atoms with Gasteiger partial charge in [0.2, 0.25) is 0 Å². The summed E-state index contributed by atoms with van der Waals surface area (Å²) in [7, 11) is 0. The molecule has 0 atom stereocenters. The van der Waals surface area contributed by atoms with Crippen molar-refractivity contribution in [2.24, 2.45) is 0 Å². The lowest BCUT2D eigenvalue weighted by molar-refractivity contribution is -0.0263. The van der Waals surface area contributed by atoms with Crippen molar-refractivity contribution in [3.05, 3.63) is 52.5 Å². The van der Waals surface area contributed by atoms with Crippen molar-refractivity contribution in [2.75, 3.05) is 29.0 Å². The highest BCUT2D eigenvalue weighted by atomic mass is 79.9. The van der Waals surface area contributed by atoms with Gasteiger partial charge in [0, 0.05) is 15.8 Å². The molecule has 0 aromatic heterocycles. The van der Waals surface area contributed by atoms with Crippen LogP contribution in [-0.2, 0) is 0 Å². The number of nitrogens with two attached hydrogens (primary N) is 1. The molecule has 0 radical (unpaired) electrons. The van der Waals surface area contributed by atoms with Crippen LogP contribution in [0.3, 0.4) is 0 Å². The summed E-state index contributed by atoms with van der Waals surface area (Å²) in [6, 6.07) is 11.8. The first kappa shape index (κ1) is 15.7. The van der Waals surface area contributed by atoms with Gasteiger partial charge in [0.15, 0.2) is 0 Å². The second-order valence-corrected chi connectivity index (χ2v) is 6.37. The number of amides is 1. The monoisotopic (exact) mass is 381 g/mol. The summed E-state index contributed by atoms with van der Waals surface area (Å²) in [5, 5.41) is 2.75.